The molecule has 3 rings (SSSR count). The summed E-state index contributed by atoms with van der Waals surface area (Å²) in [4.78, 5) is 28.1. The van der Waals surface area contributed by atoms with E-state index >= 15 is 0 Å². The Hall–Kier alpha value is -3.43. The van der Waals surface area contributed by atoms with Crippen LogP contribution in [0.3, 0.4) is 0 Å². The lowest BCUT2D eigenvalue weighted by atomic mass is 10.1. The summed E-state index contributed by atoms with van der Waals surface area (Å²) >= 11 is 0. The second-order valence-corrected chi connectivity index (χ2v) is 5.55. The number of nitrogens with zero attached hydrogens (tertiary/aromatic N) is 3. The Morgan fingerprint density at radius 2 is 2.27 bits per heavy atom. The minimum Gasteiger partial charge on any atom is -0.505 e. The number of hydrogen-bond acceptors (Lipinski definition) is 7. The number of phenolic OH excluding ortho intramolecular Hbond substituents is 1. The molecule has 136 valence electrons. The molecule has 1 aromatic carbocycles. The van der Waals surface area contributed by atoms with E-state index in [1.807, 2.05) is 4.57 Å². The summed E-state index contributed by atoms with van der Waals surface area (Å²) in [5, 5.41) is 15.9. The average molecular weight is 361 g/mol. The molecule has 10 heteroatoms. The van der Waals surface area contributed by atoms with Crippen LogP contribution in [0.4, 0.5) is 10.1 Å². The van der Waals surface area contributed by atoms with Crippen molar-refractivity contribution in [3.05, 3.63) is 42.2 Å². The van der Waals surface area contributed by atoms with Crippen molar-refractivity contribution in [3.8, 4) is 5.75 Å². The topological polar surface area (TPSA) is 118 Å². The van der Waals surface area contributed by atoms with E-state index in [9.17, 15) is 19.1 Å². The van der Waals surface area contributed by atoms with Gasteiger partial charge in [-0.25, -0.2) is 14.2 Å². The fourth-order valence-electron chi connectivity index (χ4n) is 2.52. The van der Waals surface area contributed by atoms with Gasteiger partial charge in [0.05, 0.1) is 24.7 Å². The summed E-state index contributed by atoms with van der Waals surface area (Å²) in [5.41, 5.74) is 2.77. The predicted molar refractivity (Wildman–Crippen MR) is 89.1 cm³/mol. The van der Waals surface area contributed by atoms with E-state index in [0.717, 1.165) is 19.2 Å². The van der Waals surface area contributed by atoms with Crippen molar-refractivity contribution in [2.75, 3.05) is 12.4 Å². The summed E-state index contributed by atoms with van der Waals surface area (Å²) in [7, 11) is 1.14. The van der Waals surface area contributed by atoms with E-state index in [0.29, 0.717) is 12.8 Å². The number of ether oxygens (including phenoxy) is 1. The maximum Gasteiger partial charge on any atom is 0.340 e. The van der Waals surface area contributed by atoms with Crippen LogP contribution in [-0.4, -0.2) is 39.4 Å². The predicted octanol–water partition coefficient (Wildman–Crippen LogP) is 1.39. The van der Waals surface area contributed by atoms with Crippen molar-refractivity contribution in [2.45, 2.75) is 19.0 Å². The Balaban J connectivity index is 1.76. The molecule has 1 aromatic heterocycles. The third-order valence-electron chi connectivity index (χ3n) is 3.89. The van der Waals surface area contributed by atoms with Crippen molar-refractivity contribution < 1.29 is 23.8 Å². The average Bonchev–Trinajstić information content (AvgIpc) is 3.18. The fraction of sp³-hybridized carbons (Fsp3) is 0.250. The summed E-state index contributed by atoms with van der Waals surface area (Å²) in [6, 6.07) is 1.75. The highest BCUT2D eigenvalue weighted by Crippen LogP contribution is 2.26. The van der Waals surface area contributed by atoms with Crippen LogP contribution in [0.1, 0.15) is 29.4 Å². The van der Waals surface area contributed by atoms with Gasteiger partial charge in [0.2, 0.25) is 0 Å². The van der Waals surface area contributed by atoms with Gasteiger partial charge in [-0.05, 0) is 12.5 Å². The number of amides is 1. The number of imidazole rings is 1. The van der Waals surface area contributed by atoms with Gasteiger partial charge in [0, 0.05) is 24.9 Å². The molecular weight excluding hydrogens is 345 g/mol. The number of nitrogens with one attached hydrogen (secondary N) is 2. The van der Waals surface area contributed by atoms with Gasteiger partial charge in [-0.15, -0.1) is 0 Å². The molecule has 2 heterocycles. The molecule has 1 amide bonds. The third-order valence-corrected chi connectivity index (χ3v) is 3.89. The Kier molecular flexibility index (Phi) is 4.83. The molecule has 0 spiro atoms. The Bertz CT molecular complexity index is 866. The smallest absolute Gasteiger partial charge is 0.340 e. The second-order valence-electron chi connectivity index (χ2n) is 5.55. The van der Waals surface area contributed by atoms with Crippen LogP contribution in [0.25, 0.3) is 0 Å². The summed E-state index contributed by atoms with van der Waals surface area (Å²) in [6.45, 7) is 0. The van der Waals surface area contributed by atoms with E-state index in [4.69, 9.17) is 0 Å². The molecule has 0 saturated carbocycles. The number of aromatic hydroxyl groups is 1. The highest BCUT2D eigenvalue weighted by molar-refractivity contribution is 6.43. The van der Waals surface area contributed by atoms with Gasteiger partial charge < -0.3 is 19.7 Å². The quantitative estimate of drug-likeness (QED) is 0.559. The number of anilines is 1. The molecule has 9 nitrogen and oxygen atoms in total. The van der Waals surface area contributed by atoms with Crippen LogP contribution >= 0.6 is 0 Å². The number of aromatic nitrogens is 2. The Labute approximate surface area is 147 Å². The maximum atomic E-state index is 13.6. The van der Waals surface area contributed by atoms with Crippen LogP contribution < -0.4 is 10.7 Å². The lowest BCUT2D eigenvalue weighted by molar-refractivity contribution is -0.110. The van der Waals surface area contributed by atoms with Crippen molar-refractivity contribution in [1.82, 2.24) is 15.0 Å². The molecule has 1 unspecified atom stereocenters. The molecule has 3 N–H and O–H groups in total. The summed E-state index contributed by atoms with van der Waals surface area (Å²) < 4.78 is 20.0. The minimum absolute atomic E-state index is 0.114. The van der Waals surface area contributed by atoms with Crippen LogP contribution in [0.5, 0.6) is 5.75 Å². The van der Waals surface area contributed by atoms with Crippen LogP contribution in [-0.2, 0) is 9.53 Å². The highest BCUT2D eigenvalue weighted by atomic mass is 19.1. The van der Waals surface area contributed by atoms with Crippen molar-refractivity contribution >= 4 is 23.3 Å². The van der Waals surface area contributed by atoms with Gasteiger partial charge >= 0.3 is 5.97 Å². The number of halogens is 1. The highest BCUT2D eigenvalue weighted by Gasteiger charge is 2.23. The molecule has 0 bridgehead atoms. The molecule has 2 aromatic rings. The SMILES string of the molecule is COC(=O)c1cc(O)c(F)cc1NC(=O)C1=NNC(n2ccnc2)CC1. The van der Waals surface area contributed by atoms with Gasteiger partial charge in [0.1, 0.15) is 11.9 Å². The van der Waals surface area contributed by atoms with Gasteiger partial charge in [0.15, 0.2) is 11.6 Å². The first-order chi connectivity index (χ1) is 12.5. The summed E-state index contributed by atoms with van der Waals surface area (Å²) in [5.74, 6) is -3.10. The Morgan fingerprint density at radius 3 is 2.88 bits per heavy atom. The number of methoxy groups -OCH3 is 1. The van der Waals surface area contributed by atoms with Crippen LogP contribution in [0, 0.1) is 5.82 Å². The van der Waals surface area contributed by atoms with Crippen molar-refractivity contribution in [1.29, 1.82) is 0 Å². The number of carbonyl (C=O) groups excluding carboxylic acids is 2. The standard InChI is InChI=1S/C16H16FN5O4/c1-26-16(25)9-6-13(23)10(17)7-12(9)19-15(24)11-2-3-14(21-20-11)22-5-4-18-8-22/h4-8,14,21,23H,2-3H2,1H3,(H,19,24). The molecule has 1 aliphatic rings. The van der Waals surface area contributed by atoms with E-state index < -0.39 is 23.4 Å². The van der Waals surface area contributed by atoms with Crippen LogP contribution in [0.15, 0.2) is 36.0 Å². The number of phenols is 1. The lowest BCUT2D eigenvalue weighted by Crippen LogP contribution is -2.34. The molecule has 26 heavy (non-hydrogen) atoms. The molecule has 1 aliphatic heterocycles. The normalized spacial score (nSPS) is 16.4. The first kappa shape index (κ1) is 17.4. The number of esters is 1. The van der Waals surface area contributed by atoms with Crippen molar-refractivity contribution in [2.24, 2.45) is 5.10 Å². The molecule has 1 atom stereocenters. The largest absolute Gasteiger partial charge is 0.505 e. The van der Waals surface area contributed by atoms with Crippen LogP contribution in [0.2, 0.25) is 0 Å². The van der Waals surface area contributed by atoms with E-state index in [1.54, 1.807) is 18.7 Å². The lowest BCUT2D eigenvalue weighted by Gasteiger charge is -2.23. The first-order valence-corrected chi connectivity index (χ1v) is 7.71. The summed E-state index contributed by atoms with van der Waals surface area (Å²) in [6.07, 6.45) is 5.90. The third kappa shape index (κ3) is 3.48. The number of benzene rings is 1. The number of hydrogen-bond donors (Lipinski definition) is 3. The zero-order valence-electron chi connectivity index (χ0n) is 13.8. The Morgan fingerprint density at radius 1 is 1.46 bits per heavy atom. The molecule has 0 fully saturated rings. The maximum absolute atomic E-state index is 13.6. The number of rotatable bonds is 4. The van der Waals surface area contributed by atoms with E-state index in [1.165, 1.54) is 0 Å². The van der Waals surface area contributed by atoms with Gasteiger partial charge in [-0.2, -0.15) is 5.10 Å². The zero-order valence-corrected chi connectivity index (χ0v) is 13.8. The van der Waals surface area contributed by atoms with Gasteiger partial charge in [-0.3, -0.25) is 10.2 Å². The van der Waals surface area contributed by atoms with E-state index in [2.05, 4.69) is 25.6 Å². The first-order valence-electron chi connectivity index (χ1n) is 7.71. The molecule has 0 saturated heterocycles. The zero-order chi connectivity index (χ0) is 18.7. The minimum atomic E-state index is -0.975. The van der Waals surface area contributed by atoms with E-state index in [-0.39, 0.29) is 23.1 Å². The number of carbonyl (C=O) groups is 2. The number of hydrazone groups is 1. The fourth-order valence-corrected chi connectivity index (χ4v) is 2.52. The monoisotopic (exact) mass is 361 g/mol. The van der Waals surface area contributed by atoms with Gasteiger partial charge in [-0.1, -0.05) is 0 Å². The second kappa shape index (κ2) is 7.21. The molecule has 0 aliphatic carbocycles. The van der Waals surface area contributed by atoms with Crippen molar-refractivity contribution in [3.63, 3.8) is 0 Å². The van der Waals surface area contributed by atoms with Gasteiger partial charge in [0.25, 0.3) is 5.91 Å². The molecule has 0 radical (unpaired) electrons. The molecular formula is C16H16FN5O4.